The van der Waals surface area contributed by atoms with E-state index >= 15 is 0 Å². The molecule has 7 atom stereocenters. The summed E-state index contributed by atoms with van der Waals surface area (Å²) in [6, 6.07) is -4.55. The lowest BCUT2D eigenvalue weighted by Gasteiger charge is -2.29. The molecule has 0 aliphatic carbocycles. The summed E-state index contributed by atoms with van der Waals surface area (Å²) in [5, 5.41) is 43.7. The fourth-order valence-corrected chi connectivity index (χ4v) is 5.00. The van der Waals surface area contributed by atoms with Crippen molar-refractivity contribution < 1.29 is 44.1 Å². The van der Waals surface area contributed by atoms with Gasteiger partial charge in [0, 0.05) is 6.42 Å². The van der Waals surface area contributed by atoms with Crippen molar-refractivity contribution in [3.05, 3.63) is 0 Å². The molecule has 0 saturated heterocycles. The summed E-state index contributed by atoms with van der Waals surface area (Å²) >= 11 is 0. The third kappa shape index (κ3) is 18.0. The predicted octanol–water partition coefficient (Wildman–Crippen LogP) is 1.22. The zero-order valence-corrected chi connectivity index (χ0v) is 29.9. The molecular weight excluding hydrogens is 610 g/mol. The van der Waals surface area contributed by atoms with Crippen molar-refractivity contribution in [1.29, 1.82) is 0 Å². The standard InChI is InChI=1S/C33H61N5O9/c1-11-22(35-33(47)30(20(8)9)38-27(41)14-19(6)7)32(46)37-23(12-17(2)3)25(39)15-28(42)34-21(10)31(45)36-24(13-18(4)5)26(40)16-29(43)44/h17-26,30,39-40H,11-16H2,1-10H3,(H,34,42)(H,35,47)(H,36,45)(H,37,46)(H,38,41)(H,43,44)/t21-,22-,23-,24-,25-,26-,30-/m0/s1. The van der Waals surface area contributed by atoms with E-state index < -0.39 is 84.9 Å². The Balaban J connectivity index is 5.47. The Morgan fingerprint density at radius 2 is 1.02 bits per heavy atom. The monoisotopic (exact) mass is 671 g/mol. The van der Waals surface area contributed by atoms with Gasteiger partial charge in [-0.05, 0) is 49.9 Å². The summed E-state index contributed by atoms with van der Waals surface area (Å²) in [6.07, 6.45) is -2.50. The van der Waals surface area contributed by atoms with E-state index in [4.69, 9.17) is 5.11 Å². The lowest BCUT2D eigenvalue weighted by atomic mass is 9.96. The minimum Gasteiger partial charge on any atom is -0.481 e. The third-order valence-electron chi connectivity index (χ3n) is 7.48. The van der Waals surface area contributed by atoms with Gasteiger partial charge in [-0.15, -0.1) is 0 Å². The maximum Gasteiger partial charge on any atom is 0.306 e. The normalized spacial score (nSPS) is 16.1. The van der Waals surface area contributed by atoms with E-state index in [1.807, 2.05) is 41.5 Å². The molecule has 0 unspecified atom stereocenters. The fraction of sp³-hybridized carbons (Fsp3) is 0.818. The number of rotatable bonds is 22. The lowest BCUT2D eigenvalue weighted by molar-refractivity contribution is -0.140. The molecule has 14 nitrogen and oxygen atoms in total. The molecule has 0 heterocycles. The quantitative estimate of drug-likeness (QED) is 0.0827. The molecule has 0 aromatic heterocycles. The number of hydrogen-bond acceptors (Lipinski definition) is 8. The Bertz CT molecular complexity index is 1030. The van der Waals surface area contributed by atoms with Crippen LogP contribution in [0.1, 0.15) is 108 Å². The van der Waals surface area contributed by atoms with E-state index in [1.165, 1.54) is 6.92 Å². The van der Waals surface area contributed by atoms with Crippen molar-refractivity contribution in [1.82, 2.24) is 26.6 Å². The van der Waals surface area contributed by atoms with Gasteiger partial charge < -0.3 is 41.9 Å². The van der Waals surface area contributed by atoms with Crippen LogP contribution in [0.25, 0.3) is 0 Å². The number of nitrogens with one attached hydrogen (secondary N) is 5. The smallest absolute Gasteiger partial charge is 0.306 e. The van der Waals surface area contributed by atoms with Crippen LogP contribution in [0.3, 0.4) is 0 Å². The van der Waals surface area contributed by atoms with Gasteiger partial charge in [0.25, 0.3) is 0 Å². The van der Waals surface area contributed by atoms with Crippen molar-refractivity contribution >= 4 is 35.5 Å². The first-order chi connectivity index (χ1) is 21.7. The first-order valence-corrected chi connectivity index (χ1v) is 16.8. The first-order valence-electron chi connectivity index (χ1n) is 16.8. The molecule has 0 aromatic carbocycles. The second kappa shape index (κ2) is 21.6. The number of hydrogen-bond donors (Lipinski definition) is 8. The molecule has 47 heavy (non-hydrogen) atoms. The Hall–Kier alpha value is -3.26. The second-order valence-corrected chi connectivity index (χ2v) is 14.1. The topological polar surface area (TPSA) is 223 Å². The zero-order chi connectivity index (χ0) is 36.6. The van der Waals surface area contributed by atoms with Gasteiger partial charge >= 0.3 is 5.97 Å². The number of aliphatic carboxylic acids is 1. The highest BCUT2D eigenvalue weighted by Gasteiger charge is 2.32. The van der Waals surface area contributed by atoms with Crippen LogP contribution in [0.5, 0.6) is 0 Å². The Kier molecular flexibility index (Phi) is 20.1. The molecule has 0 aromatic rings. The van der Waals surface area contributed by atoms with Gasteiger partial charge in [0.1, 0.15) is 18.1 Å². The number of aliphatic hydroxyl groups excluding tert-OH is 2. The number of carboxylic acid groups (broad SMARTS) is 1. The largest absolute Gasteiger partial charge is 0.481 e. The molecular formula is C33H61N5O9. The maximum absolute atomic E-state index is 13.3. The number of carboxylic acids is 1. The summed E-state index contributed by atoms with van der Waals surface area (Å²) in [7, 11) is 0. The van der Waals surface area contributed by atoms with Gasteiger partial charge in [0.2, 0.25) is 29.5 Å². The van der Waals surface area contributed by atoms with Crippen LogP contribution in [0.4, 0.5) is 0 Å². The van der Waals surface area contributed by atoms with Crippen LogP contribution in [-0.2, 0) is 28.8 Å². The van der Waals surface area contributed by atoms with Crippen LogP contribution >= 0.6 is 0 Å². The fourth-order valence-electron chi connectivity index (χ4n) is 5.00. The molecule has 0 aliphatic rings. The van der Waals surface area contributed by atoms with Gasteiger partial charge in [-0.1, -0.05) is 62.3 Å². The number of carbonyl (C=O) groups excluding carboxylic acids is 5. The van der Waals surface area contributed by atoms with E-state index in [9.17, 15) is 39.0 Å². The zero-order valence-electron chi connectivity index (χ0n) is 29.9. The molecule has 272 valence electrons. The second-order valence-electron chi connectivity index (χ2n) is 14.1. The van der Waals surface area contributed by atoms with Crippen molar-refractivity contribution in [2.75, 3.05) is 0 Å². The van der Waals surface area contributed by atoms with Gasteiger partial charge in [-0.3, -0.25) is 28.8 Å². The van der Waals surface area contributed by atoms with Crippen LogP contribution in [0, 0.1) is 23.7 Å². The van der Waals surface area contributed by atoms with E-state index in [0.717, 1.165) is 0 Å². The lowest BCUT2D eigenvalue weighted by Crippen LogP contribution is -2.57. The van der Waals surface area contributed by atoms with E-state index in [0.29, 0.717) is 12.8 Å². The molecule has 8 N–H and O–H groups in total. The van der Waals surface area contributed by atoms with Crippen LogP contribution < -0.4 is 26.6 Å². The minimum atomic E-state index is -1.32. The van der Waals surface area contributed by atoms with Crippen molar-refractivity contribution in [3.63, 3.8) is 0 Å². The van der Waals surface area contributed by atoms with E-state index in [-0.39, 0.29) is 42.4 Å². The molecule has 14 heteroatoms. The van der Waals surface area contributed by atoms with Gasteiger partial charge in [0.05, 0.1) is 37.1 Å². The summed E-state index contributed by atoms with van der Waals surface area (Å²) in [6.45, 7) is 18.0. The summed E-state index contributed by atoms with van der Waals surface area (Å²) in [4.78, 5) is 75.4. The number of carbonyl (C=O) groups is 6. The van der Waals surface area contributed by atoms with E-state index in [1.54, 1.807) is 20.8 Å². The van der Waals surface area contributed by atoms with E-state index in [2.05, 4.69) is 26.6 Å². The predicted molar refractivity (Wildman–Crippen MR) is 178 cm³/mol. The molecule has 0 rings (SSSR count). The van der Waals surface area contributed by atoms with Gasteiger partial charge in [0.15, 0.2) is 0 Å². The first kappa shape index (κ1) is 43.7. The average Bonchev–Trinajstić information content (AvgIpc) is 2.91. The average molecular weight is 672 g/mol. The third-order valence-corrected chi connectivity index (χ3v) is 7.48. The molecule has 0 fully saturated rings. The van der Waals surface area contributed by atoms with Crippen molar-refractivity contribution in [3.8, 4) is 0 Å². The Labute approximate surface area is 280 Å². The Morgan fingerprint density at radius 1 is 0.553 bits per heavy atom. The number of amides is 5. The van der Waals surface area contributed by atoms with Crippen molar-refractivity contribution in [2.45, 2.75) is 150 Å². The highest BCUT2D eigenvalue weighted by molar-refractivity contribution is 5.92. The minimum absolute atomic E-state index is 0.0222. The molecule has 0 bridgehead atoms. The summed E-state index contributed by atoms with van der Waals surface area (Å²) < 4.78 is 0. The maximum atomic E-state index is 13.3. The Morgan fingerprint density at radius 3 is 1.45 bits per heavy atom. The summed E-state index contributed by atoms with van der Waals surface area (Å²) in [5.74, 6) is -3.87. The molecule has 0 aliphatic heterocycles. The van der Waals surface area contributed by atoms with Gasteiger partial charge in [-0.2, -0.15) is 0 Å². The van der Waals surface area contributed by atoms with Gasteiger partial charge in [-0.25, -0.2) is 0 Å². The molecule has 0 spiro atoms. The highest BCUT2D eigenvalue weighted by Crippen LogP contribution is 2.14. The van der Waals surface area contributed by atoms with Crippen LogP contribution in [0.2, 0.25) is 0 Å². The van der Waals surface area contributed by atoms with Crippen LogP contribution in [-0.4, -0.2) is 93.2 Å². The molecule has 0 radical (unpaired) electrons. The SMILES string of the molecule is CC[C@H](NC(=O)[C@@H](NC(=O)CC(C)C)C(C)C)C(=O)N[C@@H](CC(C)C)[C@@H](O)CC(=O)N[C@@H](C)C(=O)N[C@@H](CC(C)C)[C@@H](O)CC(=O)O. The van der Waals surface area contributed by atoms with Crippen molar-refractivity contribution in [2.24, 2.45) is 23.7 Å². The van der Waals surface area contributed by atoms with Crippen LogP contribution in [0.15, 0.2) is 0 Å². The molecule has 0 saturated carbocycles. The summed E-state index contributed by atoms with van der Waals surface area (Å²) in [5.41, 5.74) is 0. The highest BCUT2D eigenvalue weighted by atomic mass is 16.4. The number of aliphatic hydroxyl groups is 2. The molecule has 5 amide bonds.